The fourth-order valence-corrected chi connectivity index (χ4v) is 6.40. The van der Waals surface area contributed by atoms with Crippen LogP contribution in [0.25, 0.3) is 32.7 Å². The van der Waals surface area contributed by atoms with Crippen molar-refractivity contribution in [1.82, 2.24) is 14.9 Å². The average Bonchev–Trinajstić information content (AvgIpc) is 3.74. The number of methoxy groups -OCH3 is 1. The quantitative estimate of drug-likeness (QED) is 0.196. The standard InChI is InChI=1S/C32H33N3O4S/c1-3-12-39-29-17-24-20(15-28(29)38-2)10-11-35-27(24)16-25(31(35)30-9-6-13-40-30)32(37)34-22(19-36)14-21-18-33-26-8-5-4-7-23(21)26/h4-9,13,15-18,22,33,36H,3,10-12,14,19H2,1-2H3,(H,34,37)/t22-/m1/s1. The van der Waals surface area contributed by atoms with Crippen LogP contribution in [0.2, 0.25) is 0 Å². The van der Waals surface area contributed by atoms with E-state index in [9.17, 15) is 9.90 Å². The number of aliphatic hydroxyl groups is 1. The van der Waals surface area contributed by atoms with Gasteiger partial charge in [0.05, 0.1) is 42.5 Å². The fourth-order valence-electron chi connectivity index (χ4n) is 5.61. The smallest absolute Gasteiger partial charge is 0.253 e. The summed E-state index contributed by atoms with van der Waals surface area (Å²) in [7, 11) is 1.66. The van der Waals surface area contributed by atoms with Gasteiger partial charge in [-0.1, -0.05) is 31.2 Å². The van der Waals surface area contributed by atoms with Gasteiger partial charge in [0, 0.05) is 34.9 Å². The maximum Gasteiger partial charge on any atom is 0.253 e. The number of ether oxygens (including phenoxy) is 2. The normalized spacial score (nSPS) is 13.1. The molecule has 206 valence electrons. The molecular formula is C32H33N3O4S. The molecule has 0 saturated heterocycles. The number of fused-ring (bicyclic) bond motifs is 4. The van der Waals surface area contributed by atoms with Gasteiger partial charge >= 0.3 is 0 Å². The number of aromatic nitrogens is 2. The van der Waals surface area contributed by atoms with E-state index in [4.69, 9.17) is 9.47 Å². The van der Waals surface area contributed by atoms with Crippen LogP contribution in [0.15, 0.2) is 66.2 Å². The van der Waals surface area contributed by atoms with Crippen LogP contribution in [-0.4, -0.2) is 46.9 Å². The Morgan fingerprint density at radius 2 is 2.05 bits per heavy atom. The highest BCUT2D eigenvalue weighted by molar-refractivity contribution is 7.13. The predicted molar refractivity (Wildman–Crippen MR) is 160 cm³/mol. The molecule has 0 aliphatic carbocycles. The van der Waals surface area contributed by atoms with Crippen LogP contribution in [-0.2, 0) is 19.4 Å². The number of hydrogen-bond donors (Lipinski definition) is 3. The molecule has 0 fully saturated rings. The lowest BCUT2D eigenvalue weighted by molar-refractivity contribution is 0.0917. The van der Waals surface area contributed by atoms with Crippen molar-refractivity contribution in [2.24, 2.45) is 0 Å². The predicted octanol–water partition coefficient (Wildman–Crippen LogP) is 6.05. The molecule has 4 heterocycles. The van der Waals surface area contributed by atoms with Gasteiger partial charge in [0.15, 0.2) is 11.5 Å². The third-order valence-electron chi connectivity index (χ3n) is 7.52. The lowest BCUT2D eigenvalue weighted by Crippen LogP contribution is -2.39. The Hall–Kier alpha value is -4.01. The molecule has 40 heavy (non-hydrogen) atoms. The Bertz CT molecular complexity index is 1650. The molecule has 3 aromatic heterocycles. The number of thiophene rings is 1. The van der Waals surface area contributed by atoms with E-state index in [1.807, 2.05) is 48.0 Å². The fraction of sp³-hybridized carbons (Fsp3) is 0.281. The summed E-state index contributed by atoms with van der Waals surface area (Å²) < 4.78 is 13.9. The van der Waals surface area contributed by atoms with Crippen molar-refractivity contribution in [3.05, 3.63) is 82.9 Å². The Labute approximate surface area is 237 Å². The number of para-hydroxylation sites is 1. The number of rotatable bonds is 10. The first-order valence-electron chi connectivity index (χ1n) is 13.7. The summed E-state index contributed by atoms with van der Waals surface area (Å²) in [4.78, 5) is 18.2. The third kappa shape index (κ3) is 4.78. The molecule has 1 aliphatic heterocycles. The summed E-state index contributed by atoms with van der Waals surface area (Å²) in [6.07, 6.45) is 4.20. The summed E-state index contributed by atoms with van der Waals surface area (Å²) in [5.74, 6) is 1.24. The minimum atomic E-state index is -0.426. The molecule has 0 spiro atoms. The molecule has 3 N–H and O–H groups in total. The van der Waals surface area contributed by atoms with E-state index in [0.717, 1.165) is 63.4 Å². The van der Waals surface area contributed by atoms with Gasteiger partial charge in [-0.2, -0.15) is 0 Å². The maximum absolute atomic E-state index is 13.9. The van der Waals surface area contributed by atoms with E-state index in [-0.39, 0.29) is 12.5 Å². The molecule has 2 aromatic carbocycles. The molecule has 1 aliphatic rings. The number of carbonyl (C=O) groups excluding carboxylic acids is 1. The molecule has 0 bridgehead atoms. The average molecular weight is 556 g/mol. The van der Waals surface area contributed by atoms with Gasteiger partial charge in [0.25, 0.3) is 5.91 Å². The van der Waals surface area contributed by atoms with Crippen LogP contribution in [0.3, 0.4) is 0 Å². The van der Waals surface area contributed by atoms with Gasteiger partial charge in [-0.25, -0.2) is 0 Å². The van der Waals surface area contributed by atoms with E-state index >= 15 is 0 Å². The van der Waals surface area contributed by atoms with E-state index in [0.29, 0.717) is 24.3 Å². The topological polar surface area (TPSA) is 88.5 Å². The highest BCUT2D eigenvalue weighted by Crippen LogP contribution is 2.43. The Morgan fingerprint density at radius 3 is 2.83 bits per heavy atom. The molecule has 5 aromatic rings. The summed E-state index contributed by atoms with van der Waals surface area (Å²) in [6, 6.07) is 17.8. The molecule has 6 rings (SSSR count). The summed E-state index contributed by atoms with van der Waals surface area (Å²) >= 11 is 1.62. The Kier molecular flexibility index (Phi) is 7.36. The van der Waals surface area contributed by atoms with Crippen molar-refractivity contribution in [3.63, 3.8) is 0 Å². The third-order valence-corrected chi connectivity index (χ3v) is 8.40. The number of carbonyl (C=O) groups is 1. The number of aliphatic hydroxyl groups excluding tert-OH is 1. The molecule has 0 radical (unpaired) electrons. The van der Waals surface area contributed by atoms with Crippen molar-refractivity contribution >= 4 is 28.1 Å². The minimum Gasteiger partial charge on any atom is -0.493 e. The number of benzene rings is 2. The molecular weight excluding hydrogens is 522 g/mol. The SMILES string of the molecule is CCCOc1cc2c(cc1OC)CCn1c-2cc(C(=O)N[C@@H](CO)Cc2c[nH]c3ccccc23)c1-c1cccs1. The van der Waals surface area contributed by atoms with E-state index in [1.54, 1.807) is 18.4 Å². The lowest BCUT2D eigenvalue weighted by Gasteiger charge is -2.23. The molecule has 1 atom stereocenters. The zero-order valence-corrected chi connectivity index (χ0v) is 23.5. The van der Waals surface area contributed by atoms with Gasteiger partial charge in [-0.05, 0) is 66.1 Å². The number of aromatic amines is 1. The van der Waals surface area contributed by atoms with E-state index in [1.165, 1.54) is 5.56 Å². The maximum atomic E-state index is 13.9. The summed E-state index contributed by atoms with van der Waals surface area (Å²) in [5, 5.41) is 16.5. The molecule has 7 nitrogen and oxygen atoms in total. The minimum absolute atomic E-state index is 0.159. The van der Waals surface area contributed by atoms with Crippen LogP contribution in [0.5, 0.6) is 11.5 Å². The molecule has 1 amide bonds. The van der Waals surface area contributed by atoms with Crippen molar-refractivity contribution < 1.29 is 19.4 Å². The van der Waals surface area contributed by atoms with Crippen LogP contribution in [0, 0.1) is 0 Å². The van der Waals surface area contributed by atoms with Crippen molar-refractivity contribution in [2.75, 3.05) is 20.3 Å². The highest BCUT2D eigenvalue weighted by Gasteiger charge is 2.29. The summed E-state index contributed by atoms with van der Waals surface area (Å²) in [5.41, 5.74) is 6.81. The van der Waals surface area contributed by atoms with E-state index < -0.39 is 6.04 Å². The van der Waals surface area contributed by atoms with Crippen LogP contribution in [0.4, 0.5) is 0 Å². The number of aryl methyl sites for hydroxylation is 1. The summed E-state index contributed by atoms with van der Waals surface area (Å²) in [6.45, 7) is 3.27. The highest BCUT2D eigenvalue weighted by atomic mass is 32.1. The number of nitrogens with one attached hydrogen (secondary N) is 2. The van der Waals surface area contributed by atoms with Crippen LogP contribution in [0.1, 0.15) is 34.8 Å². The second-order valence-electron chi connectivity index (χ2n) is 10.1. The number of H-pyrrole nitrogens is 1. The van der Waals surface area contributed by atoms with Gasteiger partial charge in [-0.15, -0.1) is 11.3 Å². The Balaban J connectivity index is 1.37. The van der Waals surface area contributed by atoms with Gasteiger partial charge in [0.1, 0.15) is 0 Å². The zero-order chi connectivity index (χ0) is 27.6. The second kappa shape index (κ2) is 11.2. The van der Waals surface area contributed by atoms with Gasteiger partial charge in [-0.3, -0.25) is 4.79 Å². The molecule has 0 saturated carbocycles. The first kappa shape index (κ1) is 26.2. The van der Waals surface area contributed by atoms with Crippen molar-refractivity contribution in [1.29, 1.82) is 0 Å². The van der Waals surface area contributed by atoms with Crippen molar-refractivity contribution in [2.45, 2.75) is 38.8 Å². The second-order valence-corrected chi connectivity index (χ2v) is 11.0. The first-order valence-corrected chi connectivity index (χ1v) is 14.6. The zero-order valence-electron chi connectivity index (χ0n) is 22.7. The number of amides is 1. The van der Waals surface area contributed by atoms with Crippen molar-refractivity contribution in [3.8, 4) is 33.3 Å². The molecule has 8 heteroatoms. The van der Waals surface area contributed by atoms with Gasteiger partial charge in [0.2, 0.25) is 0 Å². The van der Waals surface area contributed by atoms with Crippen LogP contribution >= 0.6 is 11.3 Å². The van der Waals surface area contributed by atoms with E-state index in [2.05, 4.69) is 40.0 Å². The van der Waals surface area contributed by atoms with Gasteiger partial charge < -0.3 is 29.4 Å². The lowest BCUT2D eigenvalue weighted by atomic mass is 9.97. The monoisotopic (exact) mass is 555 g/mol. The largest absolute Gasteiger partial charge is 0.493 e. The Morgan fingerprint density at radius 1 is 1.18 bits per heavy atom. The number of hydrogen-bond acceptors (Lipinski definition) is 5. The molecule has 0 unspecified atom stereocenters. The van der Waals surface area contributed by atoms with Crippen LogP contribution < -0.4 is 14.8 Å². The number of nitrogens with zero attached hydrogens (tertiary/aromatic N) is 1. The first-order chi connectivity index (χ1) is 19.6.